The second kappa shape index (κ2) is 5.60. The Hall–Kier alpha value is -2.30. The molecule has 0 unspecified atom stereocenters. The van der Waals surface area contributed by atoms with Crippen LogP contribution in [0.15, 0.2) is 54.9 Å². The molecule has 5 heteroatoms. The van der Waals surface area contributed by atoms with Crippen LogP contribution in [0.2, 0.25) is 5.02 Å². The Balaban J connectivity index is 2.09. The van der Waals surface area contributed by atoms with E-state index < -0.39 is 0 Å². The summed E-state index contributed by atoms with van der Waals surface area (Å²) in [6.07, 6.45) is 3.65. The third-order valence-electron chi connectivity index (χ3n) is 3.32. The van der Waals surface area contributed by atoms with Gasteiger partial charge < -0.3 is 11.5 Å². The van der Waals surface area contributed by atoms with Gasteiger partial charge in [0.15, 0.2) is 0 Å². The molecule has 106 valence electrons. The molecule has 0 spiro atoms. The van der Waals surface area contributed by atoms with E-state index in [0.29, 0.717) is 17.3 Å². The fourth-order valence-corrected chi connectivity index (χ4v) is 2.51. The monoisotopic (exact) mass is 298 g/mol. The lowest BCUT2D eigenvalue weighted by Crippen LogP contribution is -2.00. The zero-order valence-corrected chi connectivity index (χ0v) is 12.1. The first kappa shape index (κ1) is 13.7. The van der Waals surface area contributed by atoms with Gasteiger partial charge >= 0.3 is 0 Å². The van der Waals surface area contributed by atoms with Crippen molar-refractivity contribution in [3.05, 3.63) is 65.4 Å². The number of hydrogen-bond donors (Lipinski definition) is 2. The van der Waals surface area contributed by atoms with E-state index in [1.165, 1.54) is 0 Å². The van der Waals surface area contributed by atoms with Gasteiger partial charge in [-0.15, -0.1) is 0 Å². The molecule has 1 heterocycles. The van der Waals surface area contributed by atoms with Crippen molar-refractivity contribution in [3.8, 4) is 17.1 Å². The number of nitrogens with two attached hydrogens (primary N) is 2. The molecule has 0 aliphatic carbocycles. The molecule has 1 aromatic heterocycles. The summed E-state index contributed by atoms with van der Waals surface area (Å²) in [6, 6.07) is 13.4. The van der Waals surface area contributed by atoms with E-state index in [1.807, 2.05) is 53.2 Å². The fraction of sp³-hybridized carbons (Fsp3) is 0.0625. The van der Waals surface area contributed by atoms with Crippen LogP contribution in [0.4, 0.5) is 5.69 Å². The molecule has 0 amide bonds. The molecular formula is C16H15ClN4. The zero-order valence-electron chi connectivity index (χ0n) is 11.3. The lowest BCUT2D eigenvalue weighted by molar-refractivity contribution is 1.04. The maximum Gasteiger partial charge on any atom is 0.144 e. The van der Waals surface area contributed by atoms with Crippen molar-refractivity contribution in [2.45, 2.75) is 6.54 Å². The summed E-state index contributed by atoms with van der Waals surface area (Å²) in [5, 5.41) is 0.655. The van der Waals surface area contributed by atoms with Gasteiger partial charge in [0.05, 0.1) is 0 Å². The Morgan fingerprint density at radius 2 is 2.00 bits per heavy atom. The van der Waals surface area contributed by atoms with Crippen molar-refractivity contribution in [1.29, 1.82) is 0 Å². The standard InChI is InChI=1S/C16H15ClN4/c17-15-9-14(5-4-12(15)10-18)21-7-6-20-16(21)11-2-1-3-13(19)8-11/h1-9H,10,18-19H2. The predicted octanol–water partition coefficient (Wildman–Crippen LogP) is 3.23. The third-order valence-corrected chi connectivity index (χ3v) is 3.67. The van der Waals surface area contributed by atoms with E-state index >= 15 is 0 Å². The molecule has 0 radical (unpaired) electrons. The van der Waals surface area contributed by atoms with Crippen molar-refractivity contribution in [2.24, 2.45) is 5.73 Å². The predicted molar refractivity (Wildman–Crippen MR) is 86.3 cm³/mol. The second-order valence-corrected chi connectivity index (χ2v) is 5.13. The van der Waals surface area contributed by atoms with Gasteiger partial charge in [-0.05, 0) is 29.8 Å². The van der Waals surface area contributed by atoms with Gasteiger partial charge in [0.2, 0.25) is 0 Å². The highest BCUT2D eigenvalue weighted by atomic mass is 35.5. The smallest absolute Gasteiger partial charge is 0.144 e. The molecule has 21 heavy (non-hydrogen) atoms. The van der Waals surface area contributed by atoms with Crippen LogP contribution in [-0.4, -0.2) is 9.55 Å². The second-order valence-electron chi connectivity index (χ2n) is 4.73. The highest BCUT2D eigenvalue weighted by Crippen LogP contribution is 2.26. The molecule has 0 saturated heterocycles. The summed E-state index contributed by atoms with van der Waals surface area (Å²) in [7, 11) is 0. The first-order valence-electron chi connectivity index (χ1n) is 6.57. The van der Waals surface area contributed by atoms with Crippen LogP contribution >= 0.6 is 11.6 Å². The number of hydrogen-bond acceptors (Lipinski definition) is 3. The SMILES string of the molecule is NCc1ccc(-n2ccnc2-c2cccc(N)c2)cc1Cl. The van der Waals surface area contributed by atoms with Crippen LogP contribution in [0.1, 0.15) is 5.56 Å². The molecule has 4 nitrogen and oxygen atoms in total. The van der Waals surface area contributed by atoms with E-state index in [2.05, 4.69) is 4.98 Å². The van der Waals surface area contributed by atoms with E-state index in [1.54, 1.807) is 6.20 Å². The molecule has 0 atom stereocenters. The Morgan fingerprint density at radius 1 is 1.14 bits per heavy atom. The van der Waals surface area contributed by atoms with Crippen molar-refractivity contribution >= 4 is 17.3 Å². The number of anilines is 1. The highest BCUT2D eigenvalue weighted by molar-refractivity contribution is 6.31. The van der Waals surface area contributed by atoms with Crippen LogP contribution in [0.25, 0.3) is 17.1 Å². The average Bonchev–Trinajstić information content (AvgIpc) is 2.96. The number of nitrogen functional groups attached to an aromatic ring is 1. The Labute approximate surface area is 128 Å². The number of rotatable bonds is 3. The van der Waals surface area contributed by atoms with Gasteiger partial charge in [-0.2, -0.15) is 0 Å². The van der Waals surface area contributed by atoms with E-state index in [-0.39, 0.29) is 0 Å². The fourth-order valence-electron chi connectivity index (χ4n) is 2.25. The molecule has 0 bridgehead atoms. The number of imidazole rings is 1. The quantitative estimate of drug-likeness (QED) is 0.729. The summed E-state index contributed by atoms with van der Waals surface area (Å²) in [6.45, 7) is 0.422. The van der Waals surface area contributed by atoms with Crippen LogP contribution in [0, 0.1) is 0 Å². The molecule has 4 N–H and O–H groups in total. The minimum Gasteiger partial charge on any atom is -0.399 e. The molecule has 0 fully saturated rings. The maximum absolute atomic E-state index is 6.24. The molecule has 0 aliphatic heterocycles. The third kappa shape index (κ3) is 2.63. The zero-order chi connectivity index (χ0) is 14.8. The van der Waals surface area contributed by atoms with Crippen molar-refractivity contribution in [2.75, 3.05) is 5.73 Å². The van der Waals surface area contributed by atoms with Gasteiger partial charge in [-0.1, -0.05) is 29.8 Å². The average molecular weight is 299 g/mol. The number of halogens is 1. The molecular weight excluding hydrogens is 284 g/mol. The van der Waals surface area contributed by atoms with E-state index in [4.69, 9.17) is 23.1 Å². The molecule has 0 aliphatic rings. The number of aromatic nitrogens is 2. The Kier molecular flexibility index (Phi) is 3.64. The topological polar surface area (TPSA) is 69.9 Å². The lowest BCUT2D eigenvalue weighted by Gasteiger charge is -2.10. The van der Waals surface area contributed by atoms with Gasteiger partial charge in [0, 0.05) is 40.9 Å². The molecule has 2 aromatic carbocycles. The van der Waals surface area contributed by atoms with Crippen molar-refractivity contribution in [1.82, 2.24) is 9.55 Å². The minimum absolute atomic E-state index is 0.422. The van der Waals surface area contributed by atoms with Crippen LogP contribution in [0.5, 0.6) is 0 Å². The molecule has 3 aromatic rings. The van der Waals surface area contributed by atoms with Crippen LogP contribution < -0.4 is 11.5 Å². The van der Waals surface area contributed by atoms with E-state index in [9.17, 15) is 0 Å². The summed E-state index contributed by atoms with van der Waals surface area (Å²) in [5.41, 5.74) is 15.0. The summed E-state index contributed by atoms with van der Waals surface area (Å²) in [4.78, 5) is 4.42. The largest absolute Gasteiger partial charge is 0.399 e. The van der Waals surface area contributed by atoms with Gasteiger partial charge in [0.1, 0.15) is 5.82 Å². The molecule has 3 rings (SSSR count). The lowest BCUT2D eigenvalue weighted by atomic mass is 10.1. The van der Waals surface area contributed by atoms with Crippen LogP contribution in [0.3, 0.4) is 0 Å². The van der Waals surface area contributed by atoms with Crippen LogP contribution in [-0.2, 0) is 6.54 Å². The number of benzene rings is 2. The number of nitrogens with zero attached hydrogens (tertiary/aromatic N) is 2. The Bertz CT molecular complexity index is 779. The summed E-state index contributed by atoms with van der Waals surface area (Å²) in [5.74, 6) is 0.818. The Morgan fingerprint density at radius 3 is 2.71 bits per heavy atom. The van der Waals surface area contributed by atoms with Gasteiger partial charge in [-0.3, -0.25) is 4.57 Å². The minimum atomic E-state index is 0.422. The summed E-state index contributed by atoms with van der Waals surface area (Å²) >= 11 is 6.24. The normalized spacial score (nSPS) is 10.8. The highest BCUT2D eigenvalue weighted by Gasteiger charge is 2.09. The van der Waals surface area contributed by atoms with E-state index in [0.717, 1.165) is 22.6 Å². The van der Waals surface area contributed by atoms with Crippen molar-refractivity contribution in [3.63, 3.8) is 0 Å². The van der Waals surface area contributed by atoms with Gasteiger partial charge in [-0.25, -0.2) is 4.98 Å². The summed E-state index contributed by atoms with van der Waals surface area (Å²) < 4.78 is 1.97. The van der Waals surface area contributed by atoms with Gasteiger partial charge in [0.25, 0.3) is 0 Å². The first-order valence-corrected chi connectivity index (χ1v) is 6.95. The van der Waals surface area contributed by atoms with Crippen molar-refractivity contribution < 1.29 is 0 Å². The molecule has 0 saturated carbocycles. The maximum atomic E-state index is 6.24. The first-order chi connectivity index (χ1) is 10.2.